The molecule has 1 atom stereocenters. The lowest BCUT2D eigenvalue weighted by molar-refractivity contribution is -0.382. The maximum Gasteiger partial charge on any atom is 0.319 e. The Kier molecular flexibility index (Phi) is 4.14. The van der Waals surface area contributed by atoms with E-state index in [2.05, 4.69) is 10.3 Å². The molecule has 0 fully saturated rings. The molecule has 1 heterocycles. The summed E-state index contributed by atoms with van der Waals surface area (Å²) < 4.78 is 0.751. The van der Waals surface area contributed by atoms with Gasteiger partial charge in [0.15, 0.2) is 5.52 Å². The number of hydrogen-bond donors (Lipinski definition) is 2. The van der Waals surface area contributed by atoms with Gasteiger partial charge in [-0.05, 0) is 18.6 Å². The highest BCUT2D eigenvalue weighted by atomic mass is 32.1. The number of nitrogens with zero attached hydrogens (tertiary/aromatic N) is 2. The van der Waals surface area contributed by atoms with Crippen LogP contribution >= 0.6 is 11.3 Å². The summed E-state index contributed by atoms with van der Waals surface area (Å²) in [6.07, 6.45) is 0.390. The topological polar surface area (TPSA) is 105 Å². The SMILES string of the molecule is CC(CCNc1ccc2scnc2c1[N+](=O)[O-])C(=O)O. The number of nitrogens with one attached hydrogen (secondary N) is 1. The number of benzene rings is 1. The van der Waals surface area contributed by atoms with Gasteiger partial charge in [-0.3, -0.25) is 14.9 Å². The monoisotopic (exact) mass is 295 g/mol. The summed E-state index contributed by atoms with van der Waals surface area (Å²) in [5.41, 5.74) is 2.22. The number of aromatic nitrogens is 1. The van der Waals surface area contributed by atoms with Crippen LogP contribution in [-0.4, -0.2) is 27.5 Å². The molecule has 1 aromatic heterocycles. The highest BCUT2D eigenvalue weighted by Gasteiger charge is 2.20. The van der Waals surface area contributed by atoms with Gasteiger partial charge in [0.25, 0.3) is 0 Å². The van der Waals surface area contributed by atoms with Crippen molar-refractivity contribution in [3.05, 3.63) is 27.8 Å². The van der Waals surface area contributed by atoms with E-state index < -0.39 is 16.8 Å². The van der Waals surface area contributed by atoms with Crippen molar-refractivity contribution in [2.75, 3.05) is 11.9 Å². The zero-order chi connectivity index (χ0) is 14.7. The second kappa shape index (κ2) is 5.83. The van der Waals surface area contributed by atoms with Crippen LogP contribution in [0.4, 0.5) is 11.4 Å². The van der Waals surface area contributed by atoms with E-state index in [1.54, 1.807) is 24.6 Å². The van der Waals surface area contributed by atoms with Crippen LogP contribution in [0, 0.1) is 16.0 Å². The third-order valence-electron chi connectivity index (χ3n) is 2.97. The van der Waals surface area contributed by atoms with Crippen molar-refractivity contribution in [3.63, 3.8) is 0 Å². The van der Waals surface area contributed by atoms with Crippen LogP contribution < -0.4 is 5.32 Å². The molecule has 1 unspecified atom stereocenters. The molecule has 2 aromatic rings. The fourth-order valence-corrected chi connectivity index (χ4v) is 2.47. The van der Waals surface area contributed by atoms with Gasteiger partial charge in [0.05, 0.1) is 21.1 Å². The number of nitro groups is 1. The summed E-state index contributed by atoms with van der Waals surface area (Å²) in [5.74, 6) is -1.37. The standard InChI is InChI=1S/C12H13N3O4S/c1-7(12(16)17)4-5-13-8-2-3-9-10(14-6-20-9)11(8)15(18)19/h2-3,6-7,13H,4-5H2,1H3,(H,16,17). The second-order valence-corrected chi connectivity index (χ2v) is 5.26. The van der Waals surface area contributed by atoms with Crippen LogP contribution in [0.15, 0.2) is 17.6 Å². The van der Waals surface area contributed by atoms with Gasteiger partial charge in [-0.15, -0.1) is 11.3 Å². The smallest absolute Gasteiger partial charge is 0.319 e. The summed E-state index contributed by atoms with van der Waals surface area (Å²) in [7, 11) is 0. The number of carboxylic acids is 1. The molecule has 0 aliphatic heterocycles. The van der Waals surface area contributed by atoms with Crippen molar-refractivity contribution in [2.45, 2.75) is 13.3 Å². The number of hydrogen-bond acceptors (Lipinski definition) is 6. The minimum Gasteiger partial charge on any atom is -0.481 e. The van der Waals surface area contributed by atoms with E-state index in [0.29, 0.717) is 24.2 Å². The number of carboxylic acid groups (broad SMARTS) is 1. The van der Waals surface area contributed by atoms with Crippen LogP contribution in [0.1, 0.15) is 13.3 Å². The molecule has 0 aliphatic rings. The molecule has 0 saturated carbocycles. The summed E-state index contributed by atoms with van der Waals surface area (Å²) in [6, 6.07) is 3.40. The van der Waals surface area contributed by atoms with E-state index in [9.17, 15) is 14.9 Å². The number of fused-ring (bicyclic) bond motifs is 1. The van der Waals surface area contributed by atoms with Crippen molar-refractivity contribution >= 4 is 38.9 Å². The van der Waals surface area contributed by atoms with E-state index in [4.69, 9.17) is 5.11 Å². The van der Waals surface area contributed by atoms with Gasteiger partial charge in [-0.1, -0.05) is 6.92 Å². The Morgan fingerprint density at radius 1 is 1.60 bits per heavy atom. The quantitative estimate of drug-likeness (QED) is 0.627. The van der Waals surface area contributed by atoms with Crippen molar-refractivity contribution in [2.24, 2.45) is 5.92 Å². The zero-order valence-electron chi connectivity index (χ0n) is 10.7. The van der Waals surface area contributed by atoms with Crippen LogP contribution in [0.3, 0.4) is 0 Å². The highest BCUT2D eigenvalue weighted by Crippen LogP contribution is 2.34. The maximum absolute atomic E-state index is 11.2. The van der Waals surface area contributed by atoms with Crippen LogP contribution in [0.5, 0.6) is 0 Å². The summed E-state index contributed by atoms with van der Waals surface area (Å²) in [5, 5.41) is 22.9. The van der Waals surface area contributed by atoms with Gasteiger partial charge in [0.1, 0.15) is 5.69 Å². The van der Waals surface area contributed by atoms with Crippen LogP contribution in [-0.2, 0) is 4.79 Å². The first-order valence-electron chi connectivity index (χ1n) is 5.98. The fraction of sp³-hybridized carbons (Fsp3) is 0.333. The molecule has 0 radical (unpaired) electrons. The van der Waals surface area contributed by atoms with Crippen LogP contribution in [0.25, 0.3) is 10.2 Å². The maximum atomic E-state index is 11.2. The molecule has 0 amide bonds. The fourth-order valence-electron chi connectivity index (χ4n) is 1.79. The lowest BCUT2D eigenvalue weighted by atomic mass is 10.1. The van der Waals surface area contributed by atoms with E-state index in [-0.39, 0.29) is 5.69 Å². The van der Waals surface area contributed by atoms with Gasteiger partial charge in [-0.2, -0.15) is 0 Å². The second-order valence-electron chi connectivity index (χ2n) is 4.37. The van der Waals surface area contributed by atoms with Gasteiger partial charge < -0.3 is 10.4 Å². The minimum atomic E-state index is -0.878. The molecule has 0 spiro atoms. The van der Waals surface area contributed by atoms with Crippen molar-refractivity contribution in [1.82, 2.24) is 4.98 Å². The Balaban J connectivity index is 2.19. The largest absolute Gasteiger partial charge is 0.481 e. The first kappa shape index (κ1) is 14.2. The summed E-state index contributed by atoms with van der Waals surface area (Å²) in [4.78, 5) is 25.4. The highest BCUT2D eigenvalue weighted by molar-refractivity contribution is 7.16. The molecule has 2 N–H and O–H groups in total. The third-order valence-corrected chi connectivity index (χ3v) is 3.77. The molecule has 2 rings (SSSR count). The molecular weight excluding hydrogens is 282 g/mol. The first-order chi connectivity index (χ1) is 9.50. The lowest BCUT2D eigenvalue weighted by Gasteiger charge is -2.09. The number of anilines is 1. The van der Waals surface area contributed by atoms with Gasteiger partial charge >= 0.3 is 11.7 Å². The number of thiazole rings is 1. The lowest BCUT2D eigenvalue weighted by Crippen LogP contribution is -2.14. The Labute approximate surface area is 118 Å². The number of aliphatic carboxylic acids is 1. The normalized spacial score (nSPS) is 12.2. The van der Waals surface area contributed by atoms with E-state index >= 15 is 0 Å². The number of rotatable bonds is 6. The van der Waals surface area contributed by atoms with Gasteiger partial charge in [-0.25, -0.2) is 4.98 Å². The molecular formula is C12H13N3O4S. The van der Waals surface area contributed by atoms with Crippen molar-refractivity contribution in [3.8, 4) is 0 Å². The summed E-state index contributed by atoms with van der Waals surface area (Å²) in [6.45, 7) is 1.95. The predicted molar refractivity (Wildman–Crippen MR) is 76.2 cm³/mol. The first-order valence-corrected chi connectivity index (χ1v) is 6.86. The molecule has 0 saturated heterocycles. The Morgan fingerprint density at radius 3 is 3.00 bits per heavy atom. The Hall–Kier alpha value is -2.22. The average molecular weight is 295 g/mol. The molecule has 0 aliphatic carbocycles. The number of carbonyl (C=O) groups is 1. The molecule has 20 heavy (non-hydrogen) atoms. The molecule has 7 nitrogen and oxygen atoms in total. The van der Waals surface area contributed by atoms with Crippen molar-refractivity contribution < 1.29 is 14.8 Å². The predicted octanol–water partition coefficient (Wildman–Crippen LogP) is 2.73. The minimum absolute atomic E-state index is 0.0632. The summed E-state index contributed by atoms with van der Waals surface area (Å²) >= 11 is 1.34. The average Bonchev–Trinajstić information content (AvgIpc) is 2.85. The van der Waals surface area contributed by atoms with E-state index in [1.165, 1.54) is 11.3 Å². The van der Waals surface area contributed by atoms with Crippen molar-refractivity contribution in [1.29, 1.82) is 0 Å². The Morgan fingerprint density at radius 2 is 2.35 bits per heavy atom. The zero-order valence-corrected chi connectivity index (χ0v) is 11.5. The van der Waals surface area contributed by atoms with Gasteiger partial charge in [0, 0.05) is 6.54 Å². The molecule has 1 aromatic carbocycles. The molecule has 8 heteroatoms. The third kappa shape index (κ3) is 2.85. The molecule has 0 bridgehead atoms. The molecule has 106 valence electrons. The van der Waals surface area contributed by atoms with E-state index in [1.807, 2.05) is 0 Å². The van der Waals surface area contributed by atoms with E-state index in [0.717, 1.165) is 4.70 Å². The van der Waals surface area contributed by atoms with Gasteiger partial charge in [0.2, 0.25) is 0 Å². The number of nitro benzene ring substituents is 1. The van der Waals surface area contributed by atoms with Crippen LogP contribution in [0.2, 0.25) is 0 Å². The Bertz CT molecular complexity index is 655.